The van der Waals surface area contributed by atoms with E-state index in [9.17, 15) is 5.26 Å². The fraction of sp³-hybridized carbons (Fsp3) is 0. The molecule has 0 amide bonds. The second-order valence-corrected chi connectivity index (χ2v) is 10.1. The van der Waals surface area contributed by atoms with Gasteiger partial charge in [-0.1, -0.05) is 97.1 Å². The van der Waals surface area contributed by atoms with Gasteiger partial charge in [0.1, 0.15) is 11.2 Å². The third-order valence-corrected chi connectivity index (χ3v) is 7.82. The van der Waals surface area contributed by atoms with Crippen LogP contribution in [0.2, 0.25) is 0 Å². The van der Waals surface area contributed by atoms with Crippen LogP contribution in [0.3, 0.4) is 0 Å². The molecule has 186 valence electrons. The zero-order valence-corrected chi connectivity index (χ0v) is 21.5. The monoisotopic (exact) mass is 510 g/mol. The summed E-state index contributed by atoms with van der Waals surface area (Å²) in [6.07, 6.45) is 0. The molecule has 2 heterocycles. The number of hydrogen-bond donors (Lipinski definition) is 0. The Labute approximate surface area is 230 Å². The van der Waals surface area contributed by atoms with Crippen molar-refractivity contribution in [2.45, 2.75) is 0 Å². The van der Waals surface area contributed by atoms with Crippen LogP contribution in [0.25, 0.3) is 71.7 Å². The molecular formula is C37H22N2O. The van der Waals surface area contributed by atoms with Crippen molar-refractivity contribution in [1.82, 2.24) is 4.57 Å². The van der Waals surface area contributed by atoms with Gasteiger partial charge in [-0.15, -0.1) is 0 Å². The number of nitrogens with zero attached hydrogens (tertiary/aromatic N) is 2. The predicted octanol–water partition coefficient (Wildman–Crippen LogP) is 9.89. The lowest BCUT2D eigenvalue weighted by molar-refractivity contribution is 0.671. The summed E-state index contributed by atoms with van der Waals surface area (Å²) in [5, 5.41) is 14.1. The van der Waals surface area contributed by atoms with E-state index in [1.807, 2.05) is 24.3 Å². The van der Waals surface area contributed by atoms with Gasteiger partial charge in [0.15, 0.2) is 0 Å². The van der Waals surface area contributed by atoms with Crippen molar-refractivity contribution in [3.8, 4) is 34.0 Å². The number of fused-ring (bicyclic) bond motifs is 6. The fourth-order valence-corrected chi connectivity index (χ4v) is 6.04. The van der Waals surface area contributed by atoms with Crippen molar-refractivity contribution in [2.75, 3.05) is 0 Å². The van der Waals surface area contributed by atoms with Crippen molar-refractivity contribution in [1.29, 1.82) is 5.26 Å². The van der Waals surface area contributed by atoms with Gasteiger partial charge in [-0.25, -0.2) is 0 Å². The molecule has 40 heavy (non-hydrogen) atoms. The van der Waals surface area contributed by atoms with Gasteiger partial charge in [-0.3, -0.25) is 0 Å². The van der Waals surface area contributed by atoms with Crippen molar-refractivity contribution < 1.29 is 4.42 Å². The molecule has 0 spiro atoms. The summed E-state index contributed by atoms with van der Waals surface area (Å²) in [7, 11) is 0. The van der Waals surface area contributed by atoms with Gasteiger partial charge in [0, 0.05) is 38.4 Å². The van der Waals surface area contributed by atoms with Gasteiger partial charge in [0.05, 0.1) is 22.7 Å². The molecular weight excluding hydrogens is 488 g/mol. The Morgan fingerprint density at radius 1 is 0.500 bits per heavy atom. The maximum Gasteiger partial charge on any atom is 0.143 e. The first kappa shape index (κ1) is 22.4. The summed E-state index contributed by atoms with van der Waals surface area (Å²) in [6.45, 7) is 0. The highest BCUT2D eigenvalue weighted by atomic mass is 16.3. The molecule has 0 atom stereocenters. The Bertz CT molecular complexity index is 2240. The minimum Gasteiger partial charge on any atom is -0.455 e. The van der Waals surface area contributed by atoms with Crippen LogP contribution >= 0.6 is 0 Å². The molecule has 6 aromatic carbocycles. The SMILES string of the molecule is N#Cc1cccc(-c2cccc3c2oc2c(-c4cccc(-n5c6ccccc6c6ccccc65)c4)cccc23)c1. The van der Waals surface area contributed by atoms with E-state index in [1.54, 1.807) is 0 Å². The standard InChI is InChI=1S/C37H22N2O/c38-23-24-9-5-10-25(21-24)28-15-7-17-32-33-18-8-16-29(37(33)40-36(28)32)26-11-6-12-27(22-26)39-34-19-3-1-13-30(34)31-14-2-4-20-35(31)39/h1-22H. The highest BCUT2D eigenvalue weighted by molar-refractivity contribution is 6.13. The van der Waals surface area contributed by atoms with Gasteiger partial charge < -0.3 is 8.98 Å². The molecule has 8 aromatic rings. The van der Waals surface area contributed by atoms with Gasteiger partial charge in [0.2, 0.25) is 0 Å². The first-order valence-electron chi connectivity index (χ1n) is 13.3. The average Bonchev–Trinajstić information content (AvgIpc) is 3.57. The molecule has 0 saturated carbocycles. The van der Waals surface area contributed by atoms with Crippen LogP contribution < -0.4 is 0 Å². The number of hydrogen-bond acceptors (Lipinski definition) is 2. The van der Waals surface area contributed by atoms with Crippen LogP contribution in [0.4, 0.5) is 0 Å². The van der Waals surface area contributed by atoms with E-state index in [1.165, 1.54) is 21.8 Å². The Kier molecular flexibility index (Phi) is 4.89. The molecule has 0 aliphatic heterocycles. The van der Waals surface area contributed by atoms with Crippen molar-refractivity contribution in [3.63, 3.8) is 0 Å². The van der Waals surface area contributed by atoms with E-state index < -0.39 is 0 Å². The minimum atomic E-state index is 0.633. The first-order valence-corrected chi connectivity index (χ1v) is 13.3. The van der Waals surface area contributed by atoms with E-state index in [0.29, 0.717) is 5.56 Å². The zero-order chi connectivity index (χ0) is 26.6. The van der Waals surface area contributed by atoms with Crippen LogP contribution in [-0.4, -0.2) is 4.57 Å². The third kappa shape index (κ3) is 3.30. The van der Waals surface area contributed by atoms with E-state index in [-0.39, 0.29) is 0 Å². The molecule has 8 rings (SSSR count). The van der Waals surface area contributed by atoms with E-state index in [0.717, 1.165) is 49.9 Å². The Hall–Kier alpha value is -5.59. The Balaban J connectivity index is 1.35. The van der Waals surface area contributed by atoms with Crippen LogP contribution in [0.5, 0.6) is 0 Å². The van der Waals surface area contributed by atoms with Gasteiger partial charge in [-0.05, 0) is 47.5 Å². The fourth-order valence-electron chi connectivity index (χ4n) is 6.04. The molecule has 0 fully saturated rings. The maximum absolute atomic E-state index is 9.43. The smallest absolute Gasteiger partial charge is 0.143 e. The molecule has 3 nitrogen and oxygen atoms in total. The summed E-state index contributed by atoms with van der Waals surface area (Å²) in [5.74, 6) is 0. The summed E-state index contributed by atoms with van der Waals surface area (Å²) in [5.41, 5.74) is 9.91. The van der Waals surface area contributed by atoms with Gasteiger partial charge in [-0.2, -0.15) is 5.26 Å². The van der Waals surface area contributed by atoms with Crippen molar-refractivity contribution >= 4 is 43.7 Å². The summed E-state index contributed by atoms with van der Waals surface area (Å²) < 4.78 is 9.02. The minimum absolute atomic E-state index is 0.633. The lowest BCUT2D eigenvalue weighted by Gasteiger charge is -2.10. The molecule has 0 aliphatic rings. The topological polar surface area (TPSA) is 41.9 Å². The number of para-hydroxylation sites is 4. The van der Waals surface area contributed by atoms with Gasteiger partial charge in [0.25, 0.3) is 0 Å². The molecule has 0 saturated heterocycles. The highest BCUT2D eigenvalue weighted by Gasteiger charge is 2.17. The summed E-state index contributed by atoms with van der Waals surface area (Å²) in [4.78, 5) is 0. The zero-order valence-electron chi connectivity index (χ0n) is 21.5. The Morgan fingerprint density at radius 3 is 1.65 bits per heavy atom. The molecule has 0 aliphatic carbocycles. The quantitative estimate of drug-likeness (QED) is 0.237. The normalized spacial score (nSPS) is 11.5. The summed E-state index contributed by atoms with van der Waals surface area (Å²) >= 11 is 0. The lowest BCUT2D eigenvalue weighted by Crippen LogP contribution is -1.94. The average molecular weight is 511 g/mol. The molecule has 0 unspecified atom stereocenters. The number of furan rings is 1. The largest absolute Gasteiger partial charge is 0.455 e. The predicted molar refractivity (Wildman–Crippen MR) is 164 cm³/mol. The van der Waals surface area contributed by atoms with Crippen LogP contribution in [-0.2, 0) is 0 Å². The third-order valence-electron chi connectivity index (χ3n) is 7.82. The van der Waals surface area contributed by atoms with Crippen LogP contribution in [0, 0.1) is 11.3 Å². The van der Waals surface area contributed by atoms with Crippen LogP contribution in [0.15, 0.2) is 138 Å². The molecule has 0 radical (unpaired) electrons. The second-order valence-electron chi connectivity index (χ2n) is 10.1. The van der Waals surface area contributed by atoms with E-state index >= 15 is 0 Å². The molecule has 2 aromatic heterocycles. The number of nitriles is 1. The maximum atomic E-state index is 9.43. The van der Waals surface area contributed by atoms with E-state index in [2.05, 4.69) is 120 Å². The highest BCUT2D eigenvalue weighted by Crippen LogP contribution is 2.40. The molecule has 3 heteroatoms. The summed E-state index contributed by atoms with van der Waals surface area (Å²) in [6, 6.07) is 48.3. The van der Waals surface area contributed by atoms with Crippen molar-refractivity contribution in [2.24, 2.45) is 0 Å². The van der Waals surface area contributed by atoms with Crippen molar-refractivity contribution in [3.05, 3.63) is 139 Å². The van der Waals surface area contributed by atoms with E-state index in [4.69, 9.17) is 4.42 Å². The van der Waals surface area contributed by atoms with Crippen LogP contribution in [0.1, 0.15) is 5.56 Å². The van der Waals surface area contributed by atoms with Gasteiger partial charge >= 0.3 is 0 Å². The second kappa shape index (κ2) is 8.73. The number of rotatable bonds is 3. The molecule has 0 N–H and O–H groups in total. The lowest BCUT2D eigenvalue weighted by atomic mass is 9.99. The Morgan fingerprint density at radius 2 is 1.02 bits per heavy atom. The first-order chi connectivity index (χ1) is 19.8. The molecule has 0 bridgehead atoms. The number of aromatic nitrogens is 1. The number of benzene rings is 6.